The predicted molar refractivity (Wildman–Crippen MR) is 53.1 cm³/mol. The van der Waals surface area contributed by atoms with Gasteiger partial charge in [-0.3, -0.25) is 0 Å². The molecule has 0 bridgehead atoms. The fourth-order valence-corrected chi connectivity index (χ4v) is 0.901. The van der Waals surface area contributed by atoms with E-state index in [0.29, 0.717) is 0 Å². The number of aliphatic carboxylic acids is 1. The quantitative estimate of drug-likeness (QED) is 0.694. The van der Waals surface area contributed by atoms with Crippen LogP contribution in [0.5, 0.6) is 0 Å². The number of carbonyl (C=O) groups is 2. The highest BCUT2D eigenvalue weighted by molar-refractivity contribution is 5.82. The molecule has 0 unspecified atom stereocenters. The number of carboxylic acid groups (broad SMARTS) is 1. The Balaban J connectivity index is 4.56. The maximum absolute atomic E-state index is 11.3. The summed E-state index contributed by atoms with van der Waals surface area (Å²) in [6, 6.07) is -1.27. The van der Waals surface area contributed by atoms with Gasteiger partial charge in [-0.25, -0.2) is 9.59 Å². The van der Waals surface area contributed by atoms with Crippen LogP contribution in [0.2, 0.25) is 0 Å². The Morgan fingerprint density at radius 1 is 1.29 bits per heavy atom. The topological polar surface area (TPSA) is 69.6 Å². The predicted octanol–water partition coefficient (Wildman–Crippen LogP) is 0.757. The first kappa shape index (κ1) is 12.7. The lowest BCUT2D eigenvalue weighted by Gasteiger charge is -2.28. The van der Waals surface area contributed by atoms with E-state index in [-0.39, 0.29) is 0 Å². The lowest BCUT2D eigenvalue weighted by Crippen LogP contribution is -2.51. The first-order chi connectivity index (χ1) is 6.16. The van der Waals surface area contributed by atoms with E-state index in [9.17, 15) is 9.59 Å². The summed E-state index contributed by atoms with van der Waals surface area (Å²) >= 11 is 0. The molecule has 1 atom stereocenters. The summed E-state index contributed by atoms with van der Waals surface area (Å²) in [5, 5.41) is 11.3. The van der Waals surface area contributed by atoms with Crippen molar-refractivity contribution in [2.45, 2.75) is 26.8 Å². The van der Waals surface area contributed by atoms with Crippen LogP contribution in [0, 0.1) is 5.41 Å². The molecule has 0 spiro atoms. The van der Waals surface area contributed by atoms with Gasteiger partial charge in [0, 0.05) is 14.1 Å². The third-order valence-electron chi connectivity index (χ3n) is 1.79. The highest BCUT2D eigenvalue weighted by Crippen LogP contribution is 2.19. The van der Waals surface area contributed by atoms with Gasteiger partial charge in [0.15, 0.2) is 0 Å². The van der Waals surface area contributed by atoms with Gasteiger partial charge < -0.3 is 15.3 Å². The zero-order valence-corrected chi connectivity index (χ0v) is 9.29. The number of hydrogen-bond acceptors (Lipinski definition) is 2. The Hall–Kier alpha value is -1.26. The first-order valence-electron chi connectivity index (χ1n) is 4.37. The summed E-state index contributed by atoms with van der Waals surface area (Å²) in [4.78, 5) is 23.4. The molecule has 0 aromatic heterocycles. The maximum atomic E-state index is 11.3. The molecule has 5 nitrogen and oxygen atoms in total. The van der Waals surface area contributed by atoms with Crippen molar-refractivity contribution < 1.29 is 14.7 Å². The van der Waals surface area contributed by atoms with E-state index in [4.69, 9.17) is 5.11 Å². The smallest absolute Gasteiger partial charge is 0.326 e. The molecule has 0 aliphatic carbocycles. The van der Waals surface area contributed by atoms with Gasteiger partial charge in [0.2, 0.25) is 0 Å². The van der Waals surface area contributed by atoms with Gasteiger partial charge in [0.1, 0.15) is 6.04 Å². The third-order valence-corrected chi connectivity index (χ3v) is 1.79. The standard InChI is InChI=1S/C9H18N2O3/c1-9(2,3)6(7(12)13)10-8(14)11(4)5/h6H,1-5H3,(H,10,14)(H,12,13)/t6-/m1/s1. The molecular formula is C9H18N2O3. The number of carbonyl (C=O) groups excluding carboxylic acids is 1. The van der Waals surface area contributed by atoms with Crippen LogP contribution in [0.15, 0.2) is 0 Å². The van der Waals surface area contributed by atoms with E-state index in [0.717, 1.165) is 0 Å². The van der Waals surface area contributed by atoms with Crippen LogP contribution in [0.4, 0.5) is 4.79 Å². The highest BCUT2D eigenvalue weighted by atomic mass is 16.4. The molecule has 82 valence electrons. The molecule has 5 heteroatoms. The molecule has 0 fully saturated rings. The minimum absolute atomic E-state index is 0.396. The number of carboxylic acids is 1. The van der Waals surface area contributed by atoms with Gasteiger partial charge in [0.25, 0.3) is 0 Å². The van der Waals surface area contributed by atoms with Crippen LogP contribution in [0.3, 0.4) is 0 Å². The first-order valence-corrected chi connectivity index (χ1v) is 4.37. The average Bonchev–Trinajstić information content (AvgIpc) is 1.96. The van der Waals surface area contributed by atoms with E-state index in [2.05, 4.69) is 5.32 Å². The van der Waals surface area contributed by atoms with Gasteiger partial charge in [-0.05, 0) is 5.41 Å². The van der Waals surface area contributed by atoms with Crippen molar-refractivity contribution in [3.05, 3.63) is 0 Å². The molecule has 0 rings (SSSR count). The number of amides is 2. The maximum Gasteiger partial charge on any atom is 0.326 e. The van der Waals surface area contributed by atoms with Crippen molar-refractivity contribution >= 4 is 12.0 Å². The van der Waals surface area contributed by atoms with Crippen molar-refractivity contribution in [1.29, 1.82) is 0 Å². The van der Waals surface area contributed by atoms with E-state index in [1.54, 1.807) is 34.9 Å². The number of rotatable bonds is 2. The van der Waals surface area contributed by atoms with Crippen LogP contribution >= 0.6 is 0 Å². The van der Waals surface area contributed by atoms with Gasteiger partial charge >= 0.3 is 12.0 Å². The Morgan fingerprint density at radius 3 is 1.93 bits per heavy atom. The molecule has 0 saturated heterocycles. The summed E-state index contributed by atoms with van der Waals surface area (Å²) in [7, 11) is 3.13. The molecule has 2 amide bonds. The summed E-state index contributed by atoms with van der Waals surface area (Å²) in [5.74, 6) is -1.02. The Bertz CT molecular complexity index is 231. The minimum atomic E-state index is -1.02. The second-order valence-corrected chi connectivity index (χ2v) is 4.48. The summed E-state index contributed by atoms with van der Waals surface area (Å²) < 4.78 is 0. The molecule has 0 saturated carbocycles. The van der Waals surface area contributed by atoms with Gasteiger partial charge in [-0.15, -0.1) is 0 Å². The van der Waals surface area contributed by atoms with Gasteiger partial charge in [-0.1, -0.05) is 20.8 Å². The molecule has 0 aliphatic rings. The summed E-state index contributed by atoms with van der Waals surface area (Å²) in [6.45, 7) is 5.30. The Morgan fingerprint density at radius 2 is 1.71 bits per heavy atom. The minimum Gasteiger partial charge on any atom is -0.480 e. The molecule has 0 heterocycles. The van der Waals surface area contributed by atoms with Crippen LogP contribution in [0.1, 0.15) is 20.8 Å². The van der Waals surface area contributed by atoms with E-state index in [1.807, 2.05) is 0 Å². The lowest BCUT2D eigenvalue weighted by molar-refractivity contribution is -0.141. The highest BCUT2D eigenvalue weighted by Gasteiger charge is 2.32. The molecule has 0 aromatic carbocycles. The van der Waals surface area contributed by atoms with Crippen molar-refractivity contribution in [2.75, 3.05) is 14.1 Å². The van der Waals surface area contributed by atoms with Gasteiger partial charge in [0.05, 0.1) is 0 Å². The fraction of sp³-hybridized carbons (Fsp3) is 0.778. The fourth-order valence-electron chi connectivity index (χ4n) is 0.901. The zero-order chi connectivity index (χ0) is 11.5. The van der Waals surface area contributed by atoms with Crippen molar-refractivity contribution in [3.8, 4) is 0 Å². The van der Waals surface area contributed by atoms with Gasteiger partial charge in [-0.2, -0.15) is 0 Å². The van der Waals surface area contributed by atoms with Crippen LogP contribution in [-0.4, -0.2) is 42.1 Å². The monoisotopic (exact) mass is 202 g/mol. The lowest BCUT2D eigenvalue weighted by atomic mass is 9.87. The molecule has 14 heavy (non-hydrogen) atoms. The number of nitrogens with one attached hydrogen (secondary N) is 1. The zero-order valence-electron chi connectivity index (χ0n) is 9.29. The molecule has 0 aromatic rings. The summed E-state index contributed by atoms with van der Waals surface area (Å²) in [5.41, 5.74) is -0.502. The normalized spacial score (nSPS) is 13.2. The Labute approximate surface area is 84.1 Å². The van der Waals surface area contributed by atoms with E-state index >= 15 is 0 Å². The molecular weight excluding hydrogens is 184 g/mol. The van der Waals surface area contributed by atoms with Crippen molar-refractivity contribution in [3.63, 3.8) is 0 Å². The second kappa shape index (κ2) is 4.30. The van der Waals surface area contributed by atoms with Crippen LogP contribution < -0.4 is 5.32 Å². The third kappa shape index (κ3) is 3.64. The summed E-state index contributed by atoms with van der Waals surface area (Å²) in [6.07, 6.45) is 0. The largest absolute Gasteiger partial charge is 0.480 e. The number of urea groups is 1. The van der Waals surface area contributed by atoms with Crippen molar-refractivity contribution in [1.82, 2.24) is 10.2 Å². The molecule has 0 radical (unpaired) electrons. The molecule has 2 N–H and O–H groups in total. The van der Waals surface area contributed by atoms with Crippen molar-refractivity contribution in [2.24, 2.45) is 5.41 Å². The van der Waals surface area contributed by atoms with Crippen LogP contribution in [0.25, 0.3) is 0 Å². The van der Waals surface area contributed by atoms with E-state index < -0.39 is 23.5 Å². The average molecular weight is 202 g/mol. The molecule has 0 aliphatic heterocycles. The SMILES string of the molecule is CN(C)C(=O)N[C@H](C(=O)O)C(C)(C)C. The Kier molecular flexibility index (Phi) is 3.92. The second-order valence-electron chi connectivity index (χ2n) is 4.48. The van der Waals surface area contributed by atoms with E-state index in [1.165, 1.54) is 4.90 Å². The van der Waals surface area contributed by atoms with Crippen LogP contribution in [-0.2, 0) is 4.79 Å². The number of nitrogens with zero attached hydrogens (tertiary/aromatic N) is 1. The number of hydrogen-bond donors (Lipinski definition) is 2.